The van der Waals surface area contributed by atoms with Crippen molar-refractivity contribution in [2.45, 2.75) is 18.4 Å². The zero-order chi connectivity index (χ0) is 13.5. The van der Waals surface area contributed by atoms with Crippen LogP contribution in [0.4, 0.5) is 0 Å². The van der Waals surface area contributed by atoms with Crippen molar-refractivity contribution in [1.82, 2.24) is 14.9 Å². The van der Waals surface area contributed by atoms with Gasteiger partial charge in [-0.15, -0.1) is 10.2 Å². The smallest absolute Gasteiger partial charge is 0.263 e. The minimum Gasteiger partial charge on any atom is -0.424 e. The number of aliphatic imine (C=N–C) groups is 1. The van der Waals surface area contributed by atoms with E-state index in [-0.39, 0.29) is 11.4 Å². The first kappa shape index (κ1) is 11.8. The molecule has 2 aromatic rings. The molecular formula is C11H10N4O3S. The lowest BCUT2D eigenvalue weighted by Crippen LogP contribution is -2.22. The average Bonchev–Trinajstić information content (AvgIpc) is 2.90. The Morgan fingerprint density at radius 2 is 2.11 bits per heavy atom. The molecule has 1 aliphatic rings. The van der Waals surface area contributed by atoms with E-state index in [1.165, 1.54) is 6.07 Å². The van der Waals surface area contributed by atoms with E-state index in [1.807, 2.05) is 0 Å². The maximum Gasteiger partial charge on any atom is 0.263 e. The fourth-order valence-electron chi connectivity index (χ4n) is 1.80. The third kappa shape index (κ3) is 2.10. The van der Waals surface area contributed by atoms with Gasteiger partial charge in [-0.25, -0.2) is 8.42 Å². The third-order valence-corrected chi connectivity index (χ3v) is 4.00. The number of sulfonamides is 1. The molecule has 98 valence electrons. The van der Waals surface area contributed by atoms with Gasteiger partial charge in [0.05, 0.1) is 4.90 Å². The van der Waals surface area contributed by atoms with Crippen molar-refractivity contribution in [3.05, 3.63) is 41.6 Å². The van der Waals surface area contributed by atoms with Crippen LogP contribution in [0.1, 0.15) is 17.3 Å². The minimum atomic E-state index is -3.50. The molecule has 0 saturated heterocycles. The zero-order valence-corrected chi connectivity index (χ0v) is 10.8. The van der Waals surface area contributed by atoms with Crippen LogP contribution in [-0.2, 0) is 16.6 Å². The Kier molecular flexibility index (Phi) is 2.59. The summed E-state index contributed by atoms with van der Waals surface area (Å²) in [7, 11) is -3.50. The molecule has 0 fully saturated rings. The number of amidine groups is 1. The van der Waals surface area contributed by atoms with Crippen LogP contribution in [0.5, 0.6) is 0 Å². The quantitative estimate of drug-likeness (QED) is 0.868. The van der Waals surface area contributed by atoms with E-state index in [2.05, 4.69) is 19.9 Å². The monoisotopic (exact) mass is 278 g/mol. The third-order valence-electron chi connectivity index (χ3n) is 2.60. The maximum absolute atomic E-state index is 11.8. The van der Waals surface area contributed by atoms with Gasteiger partial charge >= 0.3 is 0 Å². The lowest BCUT2D eigenvalue weighted by molar-refractivity contribution is 0.470. The number of fused-ring (bicyclic) bond motifs is 1. The van der Waals surface area contributed by atoms with Crippen LogP contribution in [0, 0.1) is 6.92 Å². The molecule has 1 aliphatic heterocycles. The van der Waals surface area contributed by atoms with Crippen molar-refractivity contribution in [2.24, 2.45) is 4.99 Å². The SMILES string of the molecule is Cc1nnc(CN=C2NS(=O)(=O)c3ccccc32)o1. The molecule has 0 atom stereocenters. The van der Waals surface area contributed by atoms with Crippen LogP contribution >= 0.6 is 0 Å². The Balaban J connectivity index is 1.95. The number of nitrogens with one attached hydrogen (secondary N) is 1. The molecule has 1 aromatic carbocycles. The van der Waals surface area contributed by atoms with Crippen molar-refractivity contribution in [3.8, 4) is 0 Å². The number of aryl methyl sites for hydroxylation is 1. The first-order valence-corrected chi connectivity index (χ1v) is 7.00. The van der Waals surface area contributed by atoms with Gasteiger partial charge in [0.1, 0.15) is 12.4 Å². The van der Waals surface area contributed by atoms with Crippen molar-refractivity contribution in [1.29, 1.82) is 0 Å². The van der Waals surface area contributed by atoms with Gasteiger partial charge in [-0.05, 0) is 12.1 Å². The molecule has 8 heteroatoms. The average molecular weight is 278 g/mol. The first-order valence-electron chi connectivity index (χ1n) is 5.52. The lowest BCUT2D eigenvalue weighted by atomic mass is 10.2. The van der Waals surface area contributed by atoms with E-state index in [9.17, 15) is 8.42 Å². The molecule has 7 nitrogen and oxygen atoms in total. The topological polar surface area (TPSA) is 97.5 Å². The molecule has 19 heavy (non-hydrogen) atoms. The summed E-state index contributed by atoms with van der Waals surface area (Å²) >= 11 is 0. The molecule has 0 unspecified atom stereocenters. The van der Waals surface area contributed by atoms with Crippen LogP contribution in [0.2, 0.25) is 0 Å². The number of nitrogens with zero attached hydrogens (tertiary/aromatic N) is 3. The summed E-state index contributed by atoms with van der Waals surface area (Å²) < 4.78 is 31.3. The van der Waals surface area contributed by atoms with E-state index in [1.54, 1.807) is 25.1 Å². The van der Waals surface area contributed by atoms with Crippen LogP contribution in [0.15, 0.2) is 38.6 Å². The fourth-order valence-corrected chi connectivity index (χ4v) is 3.05. The largest absolute Gasteiger partial charge is 0.424 e. The number of hydrogen-bond donors (Lipinski definition) is 1. The predicted octanol–water partition coefficient (Wildman–Crippen LogP) is 0.617. The van der Waals surface area contributed by atoms with Crippen LogP contribution in [0.25, 0.3) is 0 Å². The Bertz CT molecular complexity index is 764. The fraction of sp³-hybridized carbons (Fsp3) is 0.182. The number of rotatable bonds is 2. The van der Waals surface area contributed by atoms with Gasteiger partial charge < -0.3 is 4.42 Å². The van der Waals surface area contributed by atoms with E-state index >= 15 is 0 Å². The number of aromatic nitrogens is 2. The lowest BCUT2D eigenvalue weighted by Gasteiger charge is -1.96. The first-order chi connectivity index (χ1) is 9.06. The van der Waals surface area contributed by atoms with Gasteiger partial charge in [-0.1, -0.05) is 12.1 Å². The summed E-state index contributed by atoms with van der Waals surface area (Å²) in [5, 5.41) is 7.48. The van der Waals surface area contributed by atoms with E-state index < -0.39 is 10.0 Å². The standard InChI is InChI=1S/C11H10N4O3S/c1-7-13-14-10(18-7)6-12-11-8-4-2-3-5-9(8)19(16,17)15-11/h2-5H,6H2,1H3,(H,12,15). The summed E-state index contributed by atoms with van der Waals surface area (Å²) in [5.74, 6) is 1.09. The second-order valence-electron chi connectivity index (χ2n) is 3.98. The van der Waals surface area contributed by atoms with Crippen LogP contribution in [-0.4, -0.2) is 24.5 Å². The van der Waals surface area contributed by atoms with E-state index in [0.29, 0.717) is 23.2 Å². The summed E-state index contributed by atoms with van der Waals surface area (Å²) in [6, 6.07) is 6.66. The number of benzene rings is 1. The van der Waals surface area contributed by atoms with Crippen molar-refractivity contribution in [3.63, 3.8) is 0 Å². The molecule has 2 heterocycles. The summed E-state index contributed by atoms with van der Waals surface area (Å²) in [5.41, 5.74) is 0.554. The Hall–Kier alpha value is -2.22. The van der Waals surface area contributed by atoms with Crippen molar-refractivity contribution >= 4 is 15.9 Å². The van der Waals surface area contributed by atoms with Gasteiger partial charge in [0.2, 0.25) is 11.8 Å². The maximum atomic E-state index is 11.8. The van der Waals surface area contributed by atoms with Gasteiger partial charge in [0, 0.05) is 12.5 Å². The molecule has 3 rings (SSSR count). The molecule has 1 N–H and O–H groups in total. The van der Waals surface area contributed by atoms with Crippen molar-refractivity contribution < 1.29 is 12.8 Å². The Labute approximate surface area is 109 Å². The zero-order valence-electron chi connectivity index (χ0n) is 9.99. The second-order valence-corrected chi connectivity index (χ2v) is 5.63. The Morgan fingerprint density at radius 3 is 2.84 bits per heavy atom. The van der Waals surface area contributed by atoms with Gasteiger partial charge in [0.25, 0.3) is 10.0 Å². The van der Waals surface area contributed by atoms with Gasteiger partial charge in [-0.2, -0.15) is 0 Å². The molecule has 0 aliphatic carbocycles. The highest BCUT2D eigenvalue weighted by Crippen LogP contribution is 2.22. The normalized spacial score (nSPS) is 18.3. The molecular weight excluding hydrogens is 268 g/mol. The molecule has 1 aromatic heterocycles. The molecule has 0 radical (unpaired) electrons. The van der Waals surface area contributed by atoms with Crippen LogP contribution in [0.3, 0.4) is 0 Å². The molecule has 0 bridgehead atoms. The summed E-state index contributed by atoms with van der Waals surface area (Å²) in [6.45, 7) is 1.81. The molecule has 0 amide bonds. The summed E-state index contributed by atoms with van der Waals surface area (Å²) in [4.78, 5) is 4.41. The predicted molar refractivity (Wildman–Crippen MR) is 66.0 cm³/mol. The molecule has 0 spiro atoms. The Morgan fingerprint density at radius 1 is 1.32 bits per heavy atom. The molecule has 0 saturated carbocycles. The summed E-state index contributed by atoms with van der Waals surface area (Å²) in [6.07, 6.45) is 0. The second kappa shape index (κ2) is 4.16. The highest BCUT2D eigenvalue weighted by atomic mass is 32.2. The van der Waals surface area contributed by atoms with E-state index in [4.69, 9.17) is 4.42 Å². The number of hydrogen-bond acceptors (Lipinski definition) is 6. The van der Waals surface area contributed by atoms with E-state index in [0.717, 1.165) is 0 Å². The van der Waals surface area contributed by atoms with Crippen molar-refractivity contribution in [2.75, 3.05) is 0 Å². The minimum absolute atomic E-state index is 0.132. The van der Waals surface area contributed by atoms with Gasteiger partial charge in [-0.3, -0.25) is 9.71 Å². The highest BCUT2D eigenvalue weighted by molar-refractivity contribution is 7.90. The van der Waals surface area contributed by atoms with Crippen LogP contribution < -0.4 is 4.72 Å². The highest BCUT2D eigenvalue weighted by Gasteiger charge is 2.30. The van der Waals surface area contributed by atoms with Gasteiger partial charge in [0.15, 0.2) is 0 Å².